The monoisotopic (exact) mass is 293 g/mol. The molecule has 1 saturated heterocycles. The lowest BCUT2D eigenvalue weighted by Crippen LogP contribution is -2.48. The van der Waals surface area contributed by atoms with Gasteiger partial charge in [-0.25, -0.2) is 4.39 Å². The van der Waals surface area contributed by atoms with E-state index in [0.717, 1.165) is 30.8 Å². The van der Waals surface area contributed by atoms with Crippen molar-refractivity contribution in [1.82, 2.24) is 10.6 Å². The molecule has 0 radical (unpaired) electrons. The van der Waals surface area contributed by atoms with Crippen LogP contribution in [0.1, 0.15) is 37.4 Å². The molecule has 1 unspecified atom stereocenters. The van der Waals surface area contributed by atoms with E-state index in [0.29, 0.717) is 18.7 Å². The Morgan fingerprint density at radius 3 is 2.90 bits per heavy atom. The zero-order valence-electron chi connectivity index (χ0n) is 13.0. The molecular weight excluding hydrogens is 269 g/mol. The highest BCUT2D eigenvalue weighted by molar-refractivity contribution is 5.83. The third-order valence-corrected chi connectivity index (χ3v) is 3.85. The molecule has 5 heteroatoms. The predicted molar refractivity (Wildman–Crippen MR) is 83.1 cm³/mol. The van der Waals surface area contributed by atoms with Crippen LogP contribution in [-0.2, 0) is 4.79 Å². The van der Waals surface area contributed by atoms with E-state index in [4.69, 9.17) is 0 Å². The highest BCUT2D eigenvalue weighted by Crippen LogP contribution is 2.29. The van der Waals surface area contributed by atoms with Gasteiger partial charge in [0.1, 0.15) is 5.82 Å². The molecule has 1 aliphatic rings. The van der Waals surface area contributed by atoms with Gasteiger partial charge in [-0.2, -0.15) is 0 Å². The number of aryl methyl sites for hydroxylation is 1. The van der Waals surface area contributed by atoms with Crippen LogP contribution in [-0.4, -0.2) is 32.1 Å². The number of nitrogens with one attached hydrogen (secondary N) is 2. The second-order valence-electron chi connectivity index (χ2n) is 5.61. The number of benzene rings is 1. The maximum Gasteiger partial charge on any atom is 0.239 e. The number of amides is 1. The molecule has 21 heavy (non-hydrogen) atoms. The Kier molecular flexibility index (Phi) is 5.17. The molecule has 4 nitrogen and oxygen atoms in total. The van der Waals surface area contributed by atoms with Crippen LogP contribution in [0.3, 0.4) is 0 Å². The summed E-state index contributed by atoms with van der Waals surface area (Å²) in [6, 6.07) is 3.51. The quantitative estimate of drug-likeness (QED) is 0.874. The molecule has 1 aromatic carbocycles. The predicted octanol–water partition coefficient (Wildman–Crippen LogP) is 2.13. The summed E-state index contributed by atoms with van der Waals surface area (Å²) < 4.78 is 14.0. The van der Waals surface area contributed by atoms with Crippen molar-refractivity contribution in [1.29, 1.82) is 0 Å². The van der Waals surface area contributed by atoms with Crippen LogP contribution >= 0.6 is 0 Å². The molecule has 2 rings (SSSR count). The van der Waals surface area contributed by atoms with Crippen molar-refractivity contribution in [2.75, 3.05) is 31.1 Å². The number of rotatable bonds is 5. The van der Waals surface area contributed by atoms with E-state index in [1.807, 2.05) is 17.9 Å². The summed E-state index contributed by atoms with van der Waals surface area (Å²) in [5.41, 5.74) is 2.49. The van der Waals surface area contributed by atoms with Crippen molar-refractivity contribution < 1.29 is 9.18 Å². The third-order valence-electron chi connectivity index (χ3n) is 3.85. The summed E-state index contributed by atoms with van der Waals surface area (Å²) in [6.45, 7) is 8.50. The molecule has 1 amide bonds. The molecule has 116 valence electrons. The summed E-state index contributed by atoms with van der Waals surface area (Å²) in [4.78, 5) is 13.6. The van der Waals surface area contributed by atoms with Crippen molar-refractivity contribution in [2.24, 2.45) is 0 Å². The van der Waals surface area contributed by atoms with Gasteiger partial charge < -0.3 is 15.5 Å². The Hall–Kier alpha value is -1.62. The molecule has 1 aromatic rings. The summed E-state index contributed by atoms with van der Waals surface area (Å²) in [5, 5.41) is 6.21. The second kappa shape index (κ2) is 6.89. The number of nitrogens with zero attached hydrogens (tertiary/aromatic N) is 1. The maximum atomic E-state index is 14.0. The van der Waals surface area contributed by atoms with Crippen molar-refractivity contribution in [2.45, 2.75) is 33.2 Å². The molecule has 0 aromatic heterocycles. The van der Waals surface area contributed by atoms with E-state index in [1.54, 1.807) is 13.0 Å². The van der Waals surface area contributed by atoms with Crippen LogP contribution in [0.4, 0.5) is 10.1 Å². The van der Waals surface area contributed by atoms with Gasteiger partial charge in [-0.3, -0.25) is 4.79 Å². The molecule has 0 bridgehead atoms. The first-order valence-corrected chi connectivity index (χ1v) is 7.58. The van der Waals surface area contributed by atoms with E-state index >= 15 is 0 Å². The van der Waals surface area contributed by atoms with E-state index in [-0.39, 0.29) is 17.8 Å². The lowest BCUT2D eigenvalue weighted by molar-refractivity contribution is -0.120. The molecule has 1 fully saturated rings. The molecule has 2 N–H and O–H groups in total. The van der Waals surface area contributed by atoms with Gasteiger partial charge >= 0.3 is 0 Å². The summed E-state index contributed by atoms with van der Waals surface area (Å²) in [5.74, 6) is -0.177. The van der Waals surface area contributed by atoms with Crippen molar-refractivity contribution in [3.05, 3.63) is 29.1 Å². The van der Waals surface area contributed by atoms with Gasteiger partial charge in [-0.1, -0.05) is 6.92 Å². The Bertz CT molecular complexity index is 518. The smallest absolute Gasteiger partial charge is 0.239 e. The van der Waals surface area contributed by atoms with Gasteiger partial charge in [0.15, 0.2) is 0 Å². The number of hydrogen-bond donors (Lipinski definition) is 2. The highest BCUT2D eigenvalue weighted by Gasteiger charge is 2.22. The summed E-state index contributed by atoms with van der Waals surface area (Å²) in [6.07, 6.45) is 1.03. The first kappa shape index (κ1) is 15.8. The van der Waals surface area contributed by atoms with Crippen LogP contribution in [0.25, 0.3) is 0 Å². The summed E-state index contributed by atoms with van der Waals surface area (Å²) >= 11 is 0. The van der Waals surface area contributed by atoms with Gasteiger partial charge in [-0.05, 0) is 50.1 Å². The topological polar surface area (TPSA) is 44.4 Å². The standard InChI is InChI=1S/C16H24FN3O/c1-4-5-18-12(3)13-9-14(17)11(2)8-15(13)20-7-6-19-16(21)10-20/h8-9,12,18H,4-7,10H2,1-3H3,(H,19,21). The van der Waals surface area contributed by atoms with E-state index < -0.39 is 0 Å². The van der Waals surface area contributed by atoms with Crippen LogP contribution < -0.4 is 15.5 Å². The third kappa shape index (κ3) is 3.73. The summed E-state index contributed by atoms with van der Waals surface area (Å²) in [7, 11) is 0. The fourth-order valence-electron chi connectivity index (χ4n) is 2.62. The fraction of sp³-hybridized carbons (Fsp3) is 0.562. The first-order valence-electron chi connectivity index (χ1n) is 7.58. The van der Waals surface area contributed by atoms with Crippen LogP contribution in [0.15, 0.2) is 12.1 Å². The minimum atomic E-state index is -0.194. The minimum Gasteiger partial charge on any atom is -0.360 e. The van der Waals surface area contributed by atoms with Crippen molar-refractivity contribution >= 4 is 11.6 Å². The molecule has 0 aliphatic carbocycles. The molecule has 0 spiro atoms. The van der Waals surface area contributed by atoms with Crippen LogP contribution in [0.2, 0.25) is 0 Å². The maximum absolute atomic E-state index is 14.0. The zero-order valence-corrected chi connectivity index (χ0v) is 13.0. The van der Waals surface area contributed by atoms with Gasteiger partial charge in [-0.15, -0.1) is 0 Å². The second-order valence-corrected chi connectivity index (χ2v) is 5.61. The number of halogens is 1. The number of carbonyl (C=O) groups excluding carboxylic acids is 1. The lowest BCUT2D eigenvalue weighted by Gasteiger charge is -2.32. The largest absolute Gasteiger partial charge is 0.360 e. The molecule has 1 atom stereocenters. The van der Waals surface area contributed by atoms with Gasteiger partial charge in [0, 0.05) is 24.8 Å². The highest BCUT2D eigenvalue weighted by atomic mass is 19.1. The number of hydrogen-bond acceptors (Lipinski definition) is 3. The number of carbonyl (C=O) groups is 1. The van der Waals surface area contributed by atoms with E-state index in [9.17, 15) is 9.18 Å². The Balaban J connectivity index is 2.33. The van der Waals surface area contributed by atoms with Gasteiger partial charge in [0.05, 0.1) is 6.54 Å². The number of piperazine rings is 1. The van der Waals surface area contributed by atoms with Crippen molar-refractivity contribution in [3.8, 4) is 0 Å². The molecule has 1 heterocycles. The fourth-order valence-corrected chi connectivity index (χ4v) is 2.62. The van der Waals surface area contributed by atoms with E-state index in [1.165, 1.54) is 0 Å². The van der Waals surface area contributed by atoms with Crippen LogP contribution in [0, 0.1) is 12.7 Å². The molecule has 0 saturated carbocycles. The Morgan fingerprint density at radius 1 is 1.48 bits per heavy atom. The SMILES string of the molecule is CCCNC(C)c1cc(F)c(C)cc1N1CCNC(=O)C1. The average molecular weight is 293 g/mol. The van der Waals surface area contributed by atoms with Gasteiger partial charge in [0.25, 0.3) is 0 Å². The Labute approximate surface area is 125 Å². The minimum absolute atomic E-state index is 0.0170. The lowest BCUT2D eigenvalue weighted by atomic mass is 10.0. The number of anilines is 1. The zero-order chi connectivity index (χ0) is 15.4. The van der Waals surface area contributed by atoms with Crippen LogP contribution in [0.5, 0.6) is 0 Å². The van der Waals surface area contributed by atoms with Crippen molar-refractivity contribution in [3.63, 3.8) is 0 Å². The molecule has 1 aliphatic heterocycles. The normalized spacial score (nSPS) is 16.8. The average Bonchev–Trinajstić information content (AvgIpc) is 2.47. The first-order chi connectivity index (χ1) is 10.0. The molecular formula is C16H24FN3O. The van der Waals surface area contributed by atoms with E-state index in [2.05, 4.69) is 17.6 Å². The van der Waals surface area contributed by atoms with Gasteiger partial charge in [0.2, 0.25) is 5.91 Å². The Morgan fingerprint density at radius 2 is 2.24 bits per heavy atom.